The van der Waals surface area contributed by atoms with Crippen LogP contribution in [0.4, 0.5) is 0 Å². The fourth-order valence-electron chi connectivity index (χ4n) is 1.66. The van der Waals surface area contributed by atoms with Gasteiger partial charge in [0.15, 0.2) is 9.84 Å². The normalized spacial score (nSPS) is 14.3. The van der Waals surface area contributed by atoms with Gasteiger partial charge in [-0.05, 0) is 12.5 Å². The summed E-state index contributed by atoms with van der Waals surface area (Å²) in [4.78, 5) is 12.0. The minimum Gasteiger partial charge on any atom is -0.345 e. The summed E-state index contributed by atoms with van der Waals surface area (Å²) in [5, 5.41) is 1.54. The minimum atomic E-state index is -3.52. The van der Waals surface area contributed by atoms with Crippen LogP contribution >= 0.6 is 11.6 Å². The van der Waals surface area contributed by atoms with Gasteiger partial charge in [0, 0.05) is 5.88 Å². The highest BCUT2D eigenvalue weighted by Crippen LogP contribution is 2.14. The number of hydrogen-bond acceptors (Lipinski definition) is 3. The maximum Gasteiger partial charge on any atom is 0.238 e. The van der Waals surface area contributed by atoms with Crippen molar-refractivity contribution in [2.75, 3.05) is 11.6 Å². The molecule has 1 aromatic carbocycles. The molecule has 0 aliphatic rings. The number of carbonyl (C=O) groups is 1. The van der Waals surface area contributed by atoms with E-state index in [1.165, 1.54) is 6.92 Å². The Morgan fingerprint density at radius 2 is 2.00 bits per heavy atom. The molecule has 1 amide bonds. The van der Waals surface area contributed by atoms with Crippen molar-refractivity contribution in [1.29, 1.82) is 0 Å². The van der Waals surface area contributed by atoms with Crippen LogP contribution in [0.5, 0.6) is 0 Å². The molecule has 0 bridgehead atoms. The lowest BCUT2D eigenvalue weighted by molar-refractivity contribution is -0.120. The van der Waals surface area contributed by atoms with E-state index in [-0.39, 0.29) is 11.6 Å². The summed E-state index contributed by atoms with van der Waals surface area (Å²) in [5.74, 6) is -0.791. The molecule has 110 valence electrons. The molecular weight excluding hydrogens is 298 g/mol. The van der Waals surface area contributed by atoms with E-state index in [0.717, 1.165) is 5.56 Å². The molecule has 1 N–H and O–H groups in total. The molecule has 4 nitrogen and oxygen atoms in total. The van der Waals surface area contributed by atoms with Crippen LogP contribution in [0.2, 0.25) is 0 Å². The maximum atomic E-state index is 12.0. The van der Waals surface area contributed by atoms with Gasteiger partial charge < -0.3 is 5.32 Å². The summed E-state index contributed by atoms with van der Waals surface area (Å²) in [5.41, 5.74) is 0.845. The van der Waals surface area contributed by atoms with Crippen molar-refractivity contribution in [3.8, 4) is 0 Å². The molecule has 20 heavy (non-hydrogen) atoms. The van der Waals surface area contributed by atoms with E-state index in [4.69, 9.17) is 11.6 Å². The average Bonchev–Trinajstić information content (AvgIpc) is 2.44. The summed E-state index contributed by atoms with van der Waals surface area (Å²) < 4.78 is 23.6. The number of benzene rings is 1. The lowest BCUT2D eigenvalue weighted by Crippen LogP contribution is -2.40. The van der Waals surface area contributed by atoms with Crippen LogP contribution in [-0.4, -0.2) is 31.2 Å². The SMILES string of the molecule is C=CC(NC(=O)C(C)S(=O)(=O)CCCl)c1ccccc1. The van der Waals surface area contributed by atoms with Gasteiger partial charge in [0.05, 0.1) is 11.8 Å². The van der Waals surface area contributed by atoms with Crippen LogP contribution in [-0.2, 0) is 14.6 Å². The highest BCUT2D eigenvalue weighted by atomic mass is 35.5. The Labute approximate surface area is 124 Å². The first-order valence-corrected chi connectivity index (χ1v) is 8.42. The van der Waals surface area contributed by atoms with E-state index in [9.17, 15) is 13.2 Å². The molecule has 1 rings (SSSR count). The van der Waals surface area contributed by atoms with Crippen LogP contribution < -0.4 is 5.32 Å². The van der Waals surface area contributed by atoms with Crippen LogP contribution in [0.25, 0.3) is 0 Å². The summed E-state index contributed by atoms with van der Waals surface area (Å²) in [7, 11) is -3.52. The molecule has 0 aliphatic carbocycles. The van der Waals surface area contributed by atoms with Crippen molar-refractivity contribution in [1.82, 2.24) is 5.32 Å². The van der Waals surface area contributed by atoms with Gasteiger partial charge in [-0.15, -0.1) is 18.2 Å². The predicted molar refractivity (Wildman–Crippen MR) is 81.5 cm³/mol. The molecule has 0 aliphatic heterocycles. The fourth-order valence-corrected chi connectivity index (χ4v) is 3.26. The second-order valence-electron chi connectivity index (χ2n) is 4.33. The van der Waals surface area contributed by atoms with Crippen molar-refractivity contribution in [3.05, 3.63) is 48.6 Å². The first-order valence-electron chi connectivity index (χ1n) is 6.17. The number of alkyl halides is 1. The van der Waals surface area contributed by atoms with Gasteiger partial charge in [0.25, 0.3) is 0 Å². The summed E-state index contributed by atoms with van der Waals surface area (Å²) in [6.07, 6.45) is 1.56. The number of rotatable bonds is 7. The monoisotopic (exact) mass is 315 g/mol. The molecule has 0 saturated carbocycles. The molecule has 2 atom stereocenters. The topological polar surface area (TPSA) is 63.2 Å². The number of halogens is 1. The quantitative estimate of drug-likeness (QED) is 0.619. The van der Waals surface area contributed by atoms with Gasteiger partial charge >= 0.3 is 0 Å². The van der Waals surface area contributed by atoms with Crippen molar-refractivity contribution in [3.63, 3.8) is 0 Å². The zero-order valence-electron chi connectivity index (χ0n) is 11.3. The van der Waals surface area contributed by atoms with Gasteiger partial charge in [-0.3, -0.25) is 4.79 Å². The van der Waals surface area contributed by atoms with Crippen LogP contribution in [0, 0.1) is 0 Å². The van der Waals surface area contributed by atoms with Crippen LogP contribution in [0.3, 0.4) is 0 Å². The van der Waals surface area contributed by atoms with Crippen molar-refractivity contribution in [2.45, 2.75) is 18.2 Å². The van der Waals surface area contributed by atoms with E-state index >= 15 is 0 Å². The Hall–Kier alpha value is -1.33. The Bertz CT molecular complexity index is 557. The standard InChI is InChI=1S/C14H18ClNO3S/c1-3-13(12-7-5-4-6-8-12)16-14(17)11(2)20(18,19)10-9-15/h3-8,11,13H,1,9-10H2,2H3,(H,16,17). The molecule has 0 fully saturated rings. The van der Waals surface area contributed by atoms with E-state index in [0.29, 0.717) is 0 Å². The molecular formula is C14H18ClNO3S. The first-order chi connectivity index (χ1) is 9.42. The number of hydrogen-bond donors (Lipinski definition) is 1. The number of amides is 1. The molecule has 0 radical (unpaired) electrons. The zero-order valence-corrected chi connectivity index (χ0v) is 12.8. The van der Waals surface area contributed by atoms with Crippen LogP contribution in [0.15, 0.2) is 43.0 Å². The molecule has 0 spiro atoms. The lowest BCUT2D eigenvalue weighted by Gasteiger charge is -2.18. The molecule has 2 unspecified atom stereocenters. The van der Waals surface area contributed by atoms with E-state index < -0.39 is 27.0 Å². The summed E-state index contributed by atoms with van der Waals surface area (Å²) >= 11 is 5.44. The number of carbonyl (C=O) groups excluding carboxylic acids is 1. The Morgan fingerprint density at radius 1 is 1.40 bits per heavy atom. The first kappa shape index (κ1) is 16.7. The third kappa shape index (κ3) is 4.35. The third-order valence-electron chi connectivity index (χ3n) is 2.96. The van der Waals surface area contributed by atoms with Crippen molar-refractivity contribution >= 4 is 27.3 Å². The van der Waals surface area contributed by atoms with E-state index in [1.54, 1.807) is 6.08 Å². The van der Waals surface area contributed by atoms with Crippen molar-refractivity contribution in [2.24, 2.45) is 0 Å². The largest absolute Gasteiger partial charge is 0.345 e. The number of nitrogens with one attached hydrogen (secondary N) is 1. The third-order valence-corrected chi connectivity index (χ3v) is 5.44. The predicted octanol–water partition coefficient (Wildman–Crippen LogP) is 2.07. The Balaban J connectivity index is 2.81. The fraction of sp³-hybridized carbons (Fsp3) is 0.357. The molecule has 0 heterocycles. The molecule has 0 saturated heterocycles. The maximum absolute atomic E-state index is 12.0. The summed E-state index contributed by atoms with van der Waals surface area (Å²) in [6.45, 7) is 5.03. The van der Waals surface area contributed by atoms with Crippen LogP contribution in [0.1, 0.15) is 18.5 Å². The molecule has 6 heteroatoms. The van der Waals surface area contributed by atoms with Crippen molar-refractivity contribution < 1.29 is 13.2 Å². The highest BCUT2D eigenvalue weighted by Gasteiger charge is 2.28. The summed E-state index contributed by atoms with van der Waals surface area (Å²) in [6, 6.07) is 8.79. The number of sulfone groups is 1. The smallest absolute Gasteiger partial charge is 0.238 e. The second kappa shape index (κ2) is 7.45. The second-order valence-corrected chi connectivity index (χ2v) is 7.15. The minimum absolute atomic E-state index is 0.0243. The molecule has 1 aromatic rings. The van der Waals surface area contributed by atoms with Gasteiger partial charge in [0.1, 0.15) is 5.25 Å². The lowest BCUT2D eigenvalue weighted by atomic mass is 10.1. The average molecular weight is 316 g/mol. The van der Waals surface area contributed by atoms with E-state index in [1.807, 2.05) is 30.3 Å². The Morgan fingerprint density at radius 3 is 2.50 bits per heavy atom. The highest BCUT2D eigenvalue weighted by molar-refractivity contribution is 7.92. The van der Waals surface area contributed by atoms with Gasteiger partial charge in [0.2, 0.25) is 5.91 Å². The van der Waals surface area contributed by atoms with Gasteiger partial charge in [-0.2, -0.15) is 0 Å². The molecule has 0 aromatic heterocycles. The van der Waals surface area contributed by atoms with E-state index in [2.05, 4.69) is 11.9 Å². The van der Waals surface area contributed by atoms with Gasteiger partial charge in [-0.1, -0.05) is 36.4 Å². The van der Waals surface area contributed by atoms with Gasteiger partial charge in [-0.25, -0.2) is 8.42 Å². The Kier molecular flexibility index (Phi) is 6.23. The zero-order chi connectivity index (χ0) is 15.2.